The van der Waals surface area contributed by atoms with E-state index in [2.05, 4.69) is 5.16 Å². The predicted octanol–water partition coefficient (Wildman–Crippen LogP) is 4.40. The minimum Gasteiger partial charge on any atom is -0.410 e. The number of carbonyl (C=O) groups excluding carboxylic acids is 1. The minimum absolute atomic E-state index is 0.00569. The number of Topliss-reactive ketones (excluding diaryl/α,β-unsaturated/α-hetero) is 1. The Morgan fingerprint density at radius 1 is 1.18 bits per heavy atom. The second-order valence-electron chi connectivity index (χ2n) is 6.62. The Morgan fingerprint density at radius 2 is 1.86 bits per heavy atom. The van der Waals surface area contributed by atoms with Crippen LogP contribution < -0.4 is 0 Å². The number of ketones is 1. The minimum atomic E-state index is -0.534. The van der Waals surface area contributed by atoms with Crippen molar-refractivity contribution in [1.82, 2.24) is 0 Å². The van der Waals surface area contributed by atoms with Crippen molar-refractivity contribution in [2.45, 2.75) is 35.2 Å². The third kappa shape index (κ3) is 4.43. The molecule has 1 aliphatic rings. The van der Waals surface area contributed by atoms with Gasteiger partial charge in [-0.3, -0.25) is 4.79 Å². The molecular formula is C21H22FNO4S. The predicted molar refractivity (Wildman–Crippen MR) is 105 cm³/mol. The van der Waals surface area contributed by atoms with Crippen LogP contribution >= 0.6 is 11.8 Å². The highest BCUT2D eigenvalue weighted by Crippen LogP contribution is 2.38. The zero-order valence-corrected chi connectivity index (χ0v) is 16.6. The van der Waals surface area contributed by atoms with Gasteiger partial charge < -0.3 is 14.7 Å². The smallest absolute Gasteiger partial charge is 0.182 e. The number of hydrogen-bond donors (Lipinski definition) is 1. The molecule has 0 bridgehead atoms. The Kier molecular flexibility index (Phi) is 6.49. The molecule has 5 nitrogen and oxygen atoms in total. The largest absolute Gasteiger partial charge is 0.410 e. The van der Waals surface area contributed by atoms with Gasteiger partial charge in [-0.05, 0) is 35.9 Å². The molecule has 2 aromatic rings. The lowest BCUT2D eigenvalue weighted by Crippen LogP contribution is -2.35. The van der Waals surface area contributed by atoms with Gasteiger partial charge in [0.15, 0.2) is 11.5 Å². The normalized spacial score (nSPS) is 16.8. The number of ether oxygens (including phenoxy) is 2. The van der Waals surface area contributed by atoms with Gasteiger partial charge in [-0.15, -0.1) is 0 Å². The molecule has 0 unspecified atom stereocenters. The molecule has 1 aliphatic heterocycles. The molecule has 0 aliphatic carbocycles. The summed E-state index contributed by atoms with van der Waals surface area (Å²) in [5.41, 5.74) is 0.808. The topological polar surface area (TPSA) is 68.1 Å². The molecule has 1 heterocycles. The highest BCUT2D eigenvalue weighted by Gasteiger charge is 2.35. The molecule has 28 heavy (non-hydrogen) atoms. The molecular weight excluding hydrogens is 381 g/mol. The molecule has 0 spiro atoms. The van der Waals surface area contributed by atoms with E-state index < -0.39 is 5.60 Å². The maximum Gasteiger partial charge on any atom is 0.182 e. The number of rotatable bonds is 6. The van der Waals surface area contributed by atoms with Crippen LogP contribution in [0, 0.1) is 5.82 Å². The van der Waals surface area contributed by atoms with Crippen molar-refractivity contribution >= 4 is 23.3 Å². The summed E-state index contributed by atoms with van der Waals surface area (Å²) >= 11 is 1.41. The summed E-state index contributed by atoms with van der Waals surface area (Å²) in [5, 5.41) is 12.0. The molecule has 2 aromatic carbocycles. The van der Waals surface area contributed by atoms with Crippen molar-refractivity contribution in [3.63, 3.8) is 0 Å². The second-order valence-corrected chi connectivity index (χ2v) is 7.76. The second kappa shape index (κ2) is 8.86. The van der Waals surface area contributed by atoms with E-state index in [1.54, 1.807) is 31.4 Å². The zero-order valence-electron chi connectivity index (χ0n) is 15.8. The lowest BCUT2D eigenvalue weighted by Gasteiger charge is -2.36. The van der Waals surface area contributed by atoms with E-state index in [4.69, 9.17) is 14.7 Å². The van der Waals surface area contributed by atoms with Crippen LogP contribution in [0.3, 0.4) is 0 Å². The van der Waals surface area contributed by atoms with Crippen LogP contribution in [-0.2, 0) is 19.9 Å². The molecule has 1 saturated heterocycles. The van der Waals surface area contributed by atoms with Crippen LogP contribution in [-0.4, -0.2) is 37.0 Å². The van der Waals surface area contributed by atoms with Crippen LogP contribution in [0.4, 0.5) is 4.39 Å². The molecule has 1 N–H and O–H groups in total. The fraction of sp³-hybridized carbons (Fsp3) is 0.333. The van der Waals surface area contributed by atoms with Crippen LogP contribution in [0.1, 0.15) is 30.9 Å². The molecule has 0 atom stereocenters. The van der Waals surface area contributed by atoms with Gasteiger partial charge in [0.1, 0.15) is 5.82 Å². The highest BCUT2D eigenvalue weighted by atomic mass is 32.2. The highest BCUT2D eigenvalue weighted by molar-refractivity contribution is 7.99. The summed E-state index contributed by atoms with van der Waals surface area (Å²) in [7, 11) is 1.65. The molecule has 3 rings (SSSR count). The van der Waals surface area contributed by atoms with Gasteiger partial charge >= 0.3 is 0 Å². The number of methoxy groups -OCH3 is 1. The molecule has 148 valence electrons. The maximum absolute atomic E-state index is 14.3. The van der Waals surface area contributed by atoms with Crippen molar-refractivity contribution < 1.29 is 23.9 Å². The van der Waals surface area contributed by atoms with E-state index >= 15 is 0 Å². The third-order valence-corrected chi connectivity index (χ3v) is 5.86. The Balaban J connectivity index is 1.85. The molecule has 0 aromatic heterocycles. The first-order valence-electron chi connectivity index (χ1n) is 8.93. The average Bonchev–Trinajstić information content (AvgIpc) is 2.69. The van der Waals surface area contributed by atoms with Crippen molar-refractivity contribution in [2.75, 3.05) is 20.3 Å². The quantitative estimate of drug-likeness (QED) is 0.440. The summed E-state index contributed by atoms with van der Waals surface area (Å²) in [4.78, 5) is 13.1. The van der Waals surface area contributed by atoms with Crippen molar-refractivity contribution in [2.24, 2.45) is 5.16 Å². The number of benzene rings is 2. The van der Waals surface area contributed by atoms with Gasteiger partial charge in [0.05, 0.1) is 5.60 Å². The van der Waals surface area contributed by atoms with Gasteiger partial charge in [-0.2, -0.15) is 0 Å². The van der Waals surface area contributed by atoms with Gasteiger partial charge in [-0.25, -0.2) is 4.39 Å². The standard InChI is InChI=1S/C21H22FNO4S/c1-14(24)20(23-25)15-3-5-18(6-4-15)28-19-12-16(11-17(22)13-19)21(26-2)7-9-27-10-8-21/h3-6,11-13,25H,7-10H2,1-2H3. The van der Waals surface area contributed by atoms with Crippen molar-refractivity contribution in [3.8, 4) is 0 Å². The fourth-order valence-electron chi connectivity index (χ4n) is 3.34. The Hall–Kier alpha value is -2.22. The zero-order chi connectivity index (χ0) is 20.1. The molecule has 0 saturated carbocycles. The summed E-state index contributed by atoms with van der Waals surface area (Å²) in [6.07, 6.45) is 1.36. The number of oxime groups is 1. The van der Waals surface area contributed by atoms with Crippen molar-refractivity contribution in [1.29, 1.82) is 0 Å². The first-order chi connectivity index (χ1) is 13.5. The first-order valence-corrected chi connectivity index (χ1v) is 9.74. The van der Waals surface area contributed by atoms with Gasteiger partial charge in [0.25, 0.3) is 0 Å². The monoisotopic (exact) mass is 403 g/mol. The van der Waals surface area contributed by atoms with Gasteiger partial charge in [0, 0.05) is 55.4 Å². The fourth-order valence-corrected chi connectivity index (χ4v) is 4.25. The lowest BCUT2D eigenvalue weighted by atomic mass is 9.86. The number of nitrogens with zero attached hydrogens (tertiary/aromatic N) is 1. The van der Waals surface area contributed by atoms with E-state index in [1.165, 1.54) is 30.8 Å². The van der Waals surface area contributed by atoms with Gasteiger partial charge in [-0.1, -0.05) is 29.1 Å². The summed E-state index contributed by atoms with van der Waals surface area (Å²) < 4.78 is 25.5. The van der Waals surface area contributed by atoms with E-state index in [0.29, 0.717) is 31.6 Å². The summed E-state index contributed by atoms with van der Waals surface area (Å²) in [5.74, 6) is -0.634. The molecule has 0 amide bonds. The number of halogens is 1. The van der Waals surface area contributed by atoms with E-state index in [1.807, 2.05) is 6.07 Å². The molecule has 7 heteroatoms. The molecule has 1 fully saturated rings. The van der Waals surface area contributed by atoms with E-state index in [9.17, 15) is 9.18 Å². The van der Waals surface area contributed by atoms with Crippen LogP contribution in [0.5, 0.6) is 0 Å². The van der Waals surface area contributed by atoms with E-state index in [0.717, 1.165) is 15.4 Å². The van der Waals surface area contributed by atoms with E-state index in [-0.39, 0.29) is 17.3 Å². The number of carbonyl (C=O) groups is 1. The third-order valence-electron chi connectivity index (χ3n) is 4.89. The van der Waals surface area contributed by atoms with Crippen molar-refractivity contribution in [3.05, 3.63) is 59.4 Å². The van der Waals surface area contributed by atoms with Gasteiger partial charge in [0.2, 0.25) is 0 Å². The lowest BCUT2D eigenvalue weighted by molar-refractivity contribution is -0.111. The summed E-state index contributed by atoms with van der Waals surface area (Å²) in [6.45, 7) is 2.51. The Morgan fingerprint density at radius 3 is 2.43 bits per heavy atom. The maximum atomic E-state index is 14.3. The Labute approximate surface area is 167 Å². The number of hydrogen-bond acceptors (Lipinski definition) is 6. The van der Waals surface area contributed by atoms with Crippen LogP contribution in [0.2, 0.25) is 0 Å². The van der Waals surface area contributed by atoms with Crippen LogP contribution in [0.25, 0.3) is 0 Å². The van der Waals surface area contributed by atoms with Crippen LogP contribution in [0.15, 0.2) is 57.4 Å². The first kappa shape index (κ1) is 20.5. The SMILES string of the molecule is COC1(c2cc(F)cc(Sc3ccc(C(=NO)C(C)=O)cc3)c2)CCOCC1. The Bertz CT molecular complexity index is 876. The summed E-state index contributed by atoms with van der Waals surface area (Å²) in [6, 6.07) is 12.0. The average molecular weight is 403 g/mol. The molecule has 0 radical (unpaired) electrons.